The van der Waals surface area contributed by atoms with E-state index < -0.39 is 10.0 Å². The van der Waals surface area contributed by atoms with E-state index in [1.54, 1.807) is 4.31 Å². The van der Waals surface area contributed by atoms with Gasteiger partial charge in [-0.3, -0.25) is 0 Å². The summed E-state index contributed by atoms with van der Waals surface area (Å²) in [5.41, 5.74) is 4.72. The van der Waals surface area contributed by atoms with Crippen molar-refractivity contribution in [3.63, 3.8) is 0 Å². The number of rotatable bonds is 6. The Bertz CT molecular complexity index is 1040. The first-order valence-electron chi connectivity index (χ1n) is 10.1. The highest BCUT2D eigenvalue weighted by atomic mass is 32.2. The zero-order valence-corrected chi connectivity index (χ0v) is 17.2. The van der Waals surface area contributed by atoms with Gasteiger partial charge in [0.2, 0.25) is 10.0 Å². The first-order valence-corrected chi connectivity index (χ1v) is 11.7. The fourth-order valence-electron chi connectivity index (χ4n) is 4.18. The molecular formula is C23H28N2O2S. The molecule has 1 aliphatic rings. The summed E-state index contributed by atoms with van der Waals surface area (Å²) in [6.45, 7) is 3.32. The van der Waals surface area contributed by atoms with Crippen molar-refractivity contribution in [2.24, 2.45) is 0 Å². The van der Waals surface area contributed by atoms with Gasteiger partial charge in [-0.05, 0) is 61.8 Å². The van der Waals surface area contributed by atoms with E-state index in [2.05, 4.69) is 48.3 Å². The molecule has 0 aliphatic carbocycles. The molecule has 28 heavy (non-hydrogen) atoms. The first kappa shape index (κ1) is 19.2. The maximum atomic E-state index is 12.9. The summed E-state index contributed by atoms with van der Waals surface area (Å²) >= 11 is 0. The van der Waals surface area contributed by atoms with E-state index >= 15 is 0 Å². The van der Waals surface area contributed by atoms with Gasteiger partial charge < -0.3 is 4.98 Å². The minimum absolute atomic E-state index is 0.223. The number of hydrogen-bond acceptors (Lipinski definition) is 2. The van der Waals surface area contributed by atoms with Gasteiger partial charge in [0.05, 0.1) is 5.75 Å². The van der Waals surface area contributed by atoms with Crippen LogP contribution in [0.5, 0.6) is 0 Å². The van der Waals surface area contributed by atoms with Gasteiger partial charge in [-0.25, -0.2) is 12.7 Å². The molecule has 0 radical (unpaired) electrons. The molecule has 1 saturated heterocycles. The van der Waals surface area contributed by atoms with Crippen LogP contribution in [-0.4, -0.2) is 36.5 Å². The Morgan fingerprint density at radius 1 is 1.11 bits per heavy atom. The Labute approximate surface area is 167 Å². The van der Waals surface area contributed by atoms with Gasteiger partial charge in [-0.2, -0.15) is 0 Å². The van der Waals surface area contributed by atoms with E-state index in [1.807, 2.05) is 18.2 Å². The van der Waals surface area contributed by atoms with Crippen molar-refractivity contribution in [3.8, 4) is 0 Å². The van der Waals surface area contributed by atoms with Crippen molar-refractivity contribution in [1.29, 1.82) is 0 Å². The maximum Gasteiger partial charge on any atom is 0.214 e. The summed E-state index contributed by atoms with van der Waals surface area (Å²) < 4.78 is 27.5. The first-order chi connectivity index (χ1) is 13.5. The SMILES string of the molecule is Cc1ccc2[nH]c(C3CCCN(S(=O)(=O)CCCc4ccccc4)C3)cc2c1. The number of hydrogen-bond donors (Lipinski definition) is 1. The van der Waals surface area contributed by atoms with E-state index in [0.29, 0.717) is 19.5 Å². The molecule has 1 aromatic heterocycles. The highest BCUT2D eigenvalue weighted by Gasteiger charge is 2.30. The topological polar surface area (TPSA) is 53.2 Å². The van der Waals surface area contributed by atoms with E-state index in [-0.39, 0.29) is 11.7 Å². The van der Waals surface area contributed by atoms with Crippen molar-refractivity contribution < 1.29 is 8.42 Å². The number of aromatic nitrogens is 1. The van der Waals surface area contributed by atoms with Crippen LogP contribution in [0.3, 0.4) is 0 Å². The van der Waals surface area contributed by atoms with Crippen molar-refractivity contribution in [1.82, 2.24) is 9.29 Å². The molecule has 1 unspecified atom stereocenters. The molecule has 0 spiro atoms. The fraction of sp³-hybridized carbons (Fsp3) is 0.391. The Hall–Kier alpha value is -2.11. The summed E-state index contributed by atoms with van der Waals surface area (Å²) in [7, 11) is -3.21. The molecule has 1 N–H and O–H groups in total. The number of piperidine rings is 1. The average molecular weight is 397 g/mol. The molecule has 4 rings (SSSR count). The second kappa shape index (κ2) is 8.10. The van der Waals surface area contributed by atoms with Crippen LogP contribution in [0, 0.1) is 6.92 Å². The van der Waals surface area contributed by atoms with Crippen molar-refractivity contribution in [2.75, 3.05) is 18.8 Å². The molecular weight excluding hydrogens is 368 g/mol. The van der Waals surface area contributed by atoms with Crippen molar-refractivity contribution >= 4 is 20.9 Å². The number of nitrogens with zero attached hydrogens (tertiary/aromatic N) is 1. The number of benzene rings is 2. The Morgan fingerprint density at radius 3 is 2.75 bits per heavy atom. The van der Waals surface area contributed by atoms with E-state index in [0.717, 1.165) is 30.5 Å². The van der Waals surface area contributed by atoms with Gasteiger partial charge in [-0.15, -0.1) is 0 Å². The van der Waals surface area contributed by atoms with Gasteiger partial charge in [0.15, 0.2) is 0 Å². The molecule has 0 saturated carbocycles. The number of fused-ring (bicyclic) bond motifs is 1. The fourth-order valence-corrected chi connectivity index (χ4v) is 5.76. The normalized spacial score (nSPS) is 18.5. The molecule has 5 heteroatoms. The van der Waals surface area contributed by atoms with Crippen LogP contribution >= 0.6 is 0 Å². The van der Waals surface area contributed by atoms with Gasteiger partial charge in [-0.1, -0.05) is 42.0 Å². The van der Waals surface area contributed by atoms with Crippen LogP contribution in [0.1, 0.15) is 42.0 Å². The quantitative estimate of drug-likeness (QED) is 0.661. The van der Waals surface area contributed by atoms with Crippen LogP contribution in [-0.2, 0) is 16.4 Å². The summed E-state index contributed by atoms with van der Waals surface area (Å²) in [5.74, 6) is 0.464. The van der Waals surface area contributed by atoms with Crippen LogP contribution < -0.4 is 0 Å². The lowest BCUT2D eigenvalue weighted by atomic mass is 9.96. The predicted octanol–water partition coefficient (Wildman–Crippen LogP) is 4.62. The maximum absolute atomic E-state index is 12.9. The molecule has 0 amide bonds. The van der Waals surface area contributed by atoms with E-state index in [9.17, 15) is 8.42 Å². The molecule has 148 valence electrons. The van der Waals surface area contributed by atoms with Gasteiger partial charge in [0.25, 0.3) is 0 Å². The summed E-state index contributed by atoms with van der Waals surface area (Å²) in [5, 5.41) is 1.21. The third-order valence-electron chi connectivity index (χ3n) is 5.72. The minimum atomic E-state index is -3.21. The van der Waals surface area contributed by atoms with Crippen molar-refractivity contribution in [2.45, 2.75) is 38.5 Å². The second-order valence-corrected chi connectivity index (χ2v) is 10.0. The lowest BCUT2D eigenvalue weighted by Crippen LogP contribution is -2.40. The lowest BCUT2D eigenvalue weighted by molar-refractivity contribution is 0.313. The number of nitrogens with one attached hydrogen (secondary N) is 1. The van der Waals surface area contributed by atoms with E-state index in [1.165, 1.54) is 16.5 Å². The third-order valence-corrected chi connectivity index (χ3v) is 7.65. The molecule has 4 nitrogen and oxygen atoms in total. The van der Waals surface area contributed by atoms with Crippen LogP contribution in [0.25, 0.3) is 10.9 Å². The summed E-state index contributed by atoms with van der Waals surface area (Å²) in [6, 6.07) is 18.7. The zero-order chi connectivity index (χ0) is 19.6. The molecule has 1 fully saturated rings. The lowest BCUT2D eigenvalue weighted by Gasteiger charge is -2.31. The summed E-state index contributed by atoms with van der Waals surface area (Å²) in [6.07, 6.45) is 3.41. The van der Waals surface area contributed by atoms with Crippen LogP contribution in [0.2, 0.25) is 0 Å². The smallest absolute Gasteiger partial charge is 0.214 e. The third kappa shape index (κ3) is 4.31. The van der Waals surface area contributed by atoms with Crippen LogP contribution in [0.4, 0.5) is 0 Å². The number of H-pyrrole nitrogens is 1. The predicted molar refractivity (Wildman–Crippen MR) is 115 cm³/mol. The number of aromatic amines is 1. The number of sulfonamides is 1. The Balaban J connectivity index is 1.41. The molecule has 1 atom stereocenters. The van der Waals surface area contributed by atoms with Gasteiger partial charge >= 0.3 is 0 Å². The van der Waals surface area contributed by atoms with Gasteiger partial charge in [0, 0.05) is 30.2 Å². The molecule has 3 aromatic rings. The monoisotopic (exact) mass is 396 g/mol. The molecule has 2 heterocycles. The minimum Gasteiger partial charge on any atom is -0.358 e. The van der Waals surface area contributed by atoms with Gasteiger partial charge in [0.1, 0.15) is 0 Å². The Morgan fingerprint density at radius 2 is 1.93 bits per heavy atom. The highest BCUT2D eigenvalue weighted by molar-refractivity contribution is 7.89. The summed E-state index contributed by atoms with van der Waals surface area (Å²) in [4.78, 5) is 3.51. The zero-order valence-electron chi connectivity index (χ0n) is 16.4. The highest BCUT2D eigenvalue weighted by Crippen LogP contribution is 2.30. The molecule has 1 aliphatic heterocycles. The molecule has 2 aromatic carbocycles. The van der Waals surface area contributed by atoms with Crippen LogP contribution in [0.15, 0.2) is 54.6 Å². The van der Waals surface area contributed by atoms with E-state index in [4.69, 9.17) is 0 Å². The largest absolute Gasteiger partial charge is 0.358 e. The average Bonchev–Trinajstić information content (AvgIpc) is 3.12. The molecule has 0 bridgehead atoms. The van der Waals surface area contributed by atoms with Crippen molar-refractivity contribution in [3.05, 3.63) is 71.4 Å². The standard InChI is InChI=1S/C23H28N2O2S/c1-18-11-12-22-21(15-18)16-23(24-22)20-10-5-13-25(17-20)28(26,27)14-6-9-19-7-3-2-4-8-19/h2-4,7-8,11-12,15-16,20,24H,5-6,9-10,13-14,17H2,1H3. The second-order valence-electron chi connectivity index (χ2n) is 7.92. The Kier molecular flexibility index (Phi) is 5.56. The number of aryl methyl sites for hydroxylation is 2.